The second kappa shape index (κ2) is 11.4. The van der Waals surface area contributed by atoms with Crippen molar-refractivity contribution in [2.45, 2.75) is 38.6 Å². The molecule has 1 heterocycles. The van der Waals surface area contributed by atoms with Crippen LogP contribution in [0.3, 0.4) is 0 Å². The second-order valence-electron chi connectivity index (χ2n) is 7.52. The number of allylic oxidation sites excluding steroid dienone is 1. The van der Waals surface area contributed by atoms with Gasteiger partial charge < -0.3 is 14.9 Å². The van der Waals surface area contributed by atoms with Crippen LogP contribution >= 0.6 is 23.4 Å². The highest BCUT2D eigenvalue weighted by molar-refractivity contribution is 8.14. The smallest absolute Gasteiger partial charge is 0.282 e. The third kappa shape index (κ3) is 5.58. The zero-order valence-electron chi connectivity index (χ0n) is 18.7. The van der Waals surface area contributed by atoms with Crippen LogP contribution < -0.4 is 10.1 Å². The molecule has 5 nitrogen and oxygen atoms in total. The number of anilines is 1. The molecule has 0 saturated carbocycles. The molecule has 2 atom stereocenters. The zero-order valence-corrected chi connectivity index (χ0v) is 20.3. The number of nitrogens with one attached hydrogen (secondary N) is 1. The summed E-state index contributed by atoms with van der Waals surface area (Å²) in [5.74, 6) is -0.540. The first-order chi connectivity index (χ1) is 15.9. The minimum absolute atomic E-state index is 0.244. The Balaban J connectivity index is 2.10. The number of unbranched alkanes of at least 4 members (excludes halogenated alkanes) is 1. The van der Waals surface area contributed by atoms with Gasteiger partial charge in [0.15, 0.2) is 5.04 Å². The van der Waals surface area contributed by atoms with E-state index in [0.717, 1.165) is 18.6 Å². The number of halogens is 2. The Morgan fingerprint density at radius 3 is 2.76 bits per heavy atom. The molecule has 0 aromatic heterocycles. The number of carbonyl (C=O) groups excluding carboxylic acids is 1. The van der Waals surface area contributed by atoms with Crippen molar-refractivity contribution in [2.24, 2.45) is 4.99 Å². The number of para-hydroxylation sites is 2. The number of thioether (sulfide) groups is 1. The predicted molar refractivity (Wildman–Crippen MR) is 134 cm³/mol. The molecule has 0 aliphatic carbocycles. The van der Waals surface area contributed by atoms with Gasteiger partial charge in [-0.1, -0.05) is 43.1 Å². The van der Waals surface area contributed by atoms with Gasteiger partial charge in [-0.3, -0.25) is 4.79 Å². The summed E-state index contributed by atoms with van der Waals surface area (Å²) in [6.07, 6.45) is 1.98. The largest absolute Gasteiger partial charge is 0.495 e. The van der Waals surface area contributed by atoms with Crippen molar-refractivity contribution in [1.82, 2.24) is 0 Å². The highest BCUT2D eigenvalue weighted by atomic mass is 35.5. The maximum Gasteiger partial charge on any atom is 0.282 e. The van der Waals surface area contributed by atoms with Crippen LogP contribution in [-0.2, 0) is 4.79 Å². The molecule has 0 radical (unpaired) electrons. The van der Waals surface area contributed by atoms with Gasteiger partial charge in [-0.25, -0.2) is 16.0 Å². The molecule has 1 N–H and O–H groups in total. The quantitative estimate of drug-likeness (QED) is 0.350. The number of methoxy groups -OCH3 is 1. The van der Waals surface area contributed by atoms with Gasteiger partial charge in [-0.05, 0) is 43.4 Å². The third-order valence-electron chi connectivity index (χ3n) is 5.33. The van der Waals surface area contributed by atoms with Crippen molar-refractivity contribution in [3.63, 3.8) is 0 Å². The molecule has 3 rings (SSSR count). The molecule has 2 aromatic carbocycles. The van der Waals surface area contributed by atoms with E-state index in [9.17, 15) is 4.79 Å². The highest BCUT2D eigenvalue weighted by Gasteiger charge is 2.44. The normalized spacial score (nSPS) is 17.9. The van der Waals surface area contributed by atoms with Crippen LogP contribution in [-0.4, -0.2) is 29.9 Å². The van der Waals surface area contributed by atoms with Crippen LogP contribution in [0.25, 0.3) is 4.85 Å². The number of rotatable bonds is 7. The fourth-order valence-corrected chi connectivity index (χ4v) is 5.07. The van der Waals surface area contributed by atoms with Gasteiger partial charge in [0.2, 0.25) is 0 Å². The van der Waals surface area contributed by atoms with Crippen LogP contribution in [0.4, 0.5) is 10.1 Å². The number of carbonyl (C=O) groups is 1. The standard InChI is InChI=1S/C25H25ClFN3O2S/c1-5-6-13-33-25-23(28-3)22(17-12-11-16(26)14-18(17)27)21(15(2)29-25)24(31)30-19-9-7-8-10-20(19)32-4/h7-12,14,22-23H,5-6,13H2,1-2,4H3,(H,30,31). The molecular formula is C25H25ClFN3O2S. The molecule has 33 heavy (non-hydrogen) atoms. The Kier molecular flexibility index (Phi) is 8.54. The maximum absolute atomic E-state index is 15.1. The SMILES string of the molecule is [C-]#[N+]C1C(SCCCC)=NC(C)=C(C(=O)Nc2ccccc2OC)C1c1ccc(Cl)cc1F. The molecule has 172 valence electrons. The van der Waals surface area contributed by atoms with Gasteiger partial charge in [-0.2, -0.15) is 0 Å². The number of amides is 1. The highest BCUT2D eigenvalue weighted by Crippen LogP contribution is 2.41. The van der Waals surface area contributed by atoms with Gasteiger partial charge in [-0.15, -0.1) is 11.8 Å². The van der Waals surface area contributed by atoms with Crippen LogP contribution in [0.5, 0.6) is 5.75 Å². The van der Waals surface area contributed by atoms with E-state index in [0.29, 0.717) is 22.2 Å². The zero-order chi connectivity index (χ0) is 24.0. The summed E-state index contributed by atoms with van der Waals surface area (Å²) >= 11 is 7.47. The molecule has 0 fully saturated rings. The summed E-state index contributed by atoms with van der Waals surface area (Å²) in [6, 6.07) is 10.5. The average molecular weight is 486 g/mol. The van der Waals surface area contributed by atoms with E-state index >= 15 is 4.39 Å². The van der Waals surface area contributed by atoms with Crippen LogP contribution in [0.2, 0.25) is 5.02 Å². The number of hydrogen-bond donors (Lipinski definition) is 1. The Hall–Kier alpha value is -2.82. The van der Waals surface area contributed by atoms with E-state index in [-0.39, 0.29) is 16.2 Å². The van der Waals surface area contributed by atoms with E-state index in [1.807, 2.05) is 0 Å². The summed E-state index contributed by atoms with van der Waals surface area (Å²) in [5.41, 5.74) is 1.43. The van der Waals surface area contributed by atoms with Crippen LogP contribution in [0.1, 0.15) is 38.2 Å². The first-order valence-electron chi connectivity index (χ1n) is 10.6. The number of nitrogens with zero attached hydrogens (tertiary/aromatic N) is 2. The van der Waals surface area contributed by atoms with Crippen molar-refractivity contribution < 1.29 is 13.9 Å². The van der Waals surface area contributed by atoms with Gasteiger partial charge in [0, 0.05) is 16.3 Å². The summed E-state index contributed by atoms with van der Waals surface area (Å²) in [7, 11) is 1.51. The lowest BCUT2D eigenvalue weighted by molar-refractivity contribution is -0.113. The number of ether oxygens (including phenoxy) is 1. The molecule has 1 aliphatic heterocycles. The summed E-state index contributed by atoms with van der Waals surface area (Å²) in [4.78, 5) is 21.9. The van der Waals surface area contributed by atoms with Crippen molar-refractivity contribution in [3.8, 4) is 5.75 Å². The van der Waals surface area contributed by atoms with E-state index in [1.165, 1.54) is 24.9 Å². The van der Waals surface area contributed by atoms with Crippen LogP contribution in [0, 0.1) is 12.4 Å². The van der Waals surface area contributed by atoms with Crippen molar-refractivity contribution >= 4 is 40.0 Å². The van der Waals surface area contributed by atoms with Gasteiger partial charge >= 0.3 is 0 Å². The Morgan fingerprint density at radius 1 is 1.33 bits per heavy atom. The van der Waals surface area contributed by atoms with Gasteiger partial charge in [0.25, 0.3) is 11.9 Å². The van der Waals surface area contributed by atoms with Crippen molar-refractivity contribution in [1.29, 1.82) is 0 Å². The summed E-state index contributed by atoms with van der Waals surface area (Å²) < 4.78 is 20.4. The monoisotopic (exact) mass is 485 g/mol. The van der Waals surface area contributed by atoms with Gasteiger partial charge in [0.1, 0.15) is 17.5 Å². The Bertz CT molecular complexity index is 1140. The first kappa shape index (κ1) is 24.8. The molecular weight excluding hydrogens is 461 g/mol. The fourth-order valence-electron chi connectivity index (χ4n) is 3.71. The van der Waals surface area contributed by atoms with Crippen molar-refractivity contribution in [2.75, 3.05) is 18.2 Å². The molecule has 0 saturated heterocycles. The van der Waals surface area contributed by atoms with Crippen LogP contribution in [0.15, 0.2) is 58.7 Å². The van der Waals surface area contributed by atoms with E-state index in [4.69, 9.17) is 22.9 Å². The second-order valence-corrected chi connectivity index (χ2v) is 9.07. The lowest BCUT2D eigenvalue weighted by atomic mass is 9.82. The van der Waals surface area contributed by atoms with E-state index in [2.05, 4.69) is 22.1 Å². The number of hydrogen-bond acceptors (Lipinski definition) is 4. The summed E-state index contributed by atoms with van der Waals surface area (Å²) in [5, 5.41) is 3.70. The number of aliphatic imine (C=N–C) groups is 1. The van der Waals surface area contributed by atoms with E-state index in [1.54, 1.807) is 43.3 Å². The number of benzene rings is 2. The molecule has 0 spiro atoms. The molecule has 8 heteroatoms. The first-order valence-corrected chi connectivity index (χ1v) is 12.0. The molecule has 2 unspecified atom stereocenters. The van der Waals surface area contributed by atoms with Gasteiger partial charge in [0.05, 0.1) is 18.4 Å². The van der Waals surface area contributed by atoms with E-state index < -0.39 is 23.7 Å². The topological polar surface area (TPSA) is 55.0 Å². The molecule has 2 aromatic rings. The fraction of sp³-hybridized carbons (Fsp3) is 0.320. The maximum atomic E-state index is 15.1. The Labute approximate surface area is 202 Å². The molecule has 1 amide bonds. The predicted octanol–water partition coefficient (Wildman–Crippen LogP) is 6.72. The lowest BCUT2D eigenvalue weighted by Crippen LogP contribution is -2.34. The van der Waals surface area contributed by atoms with Crippen molar-refractivity contribution in [3.05, 3.63) is 81.6 Å². The minimum Gasteiger partial charge on any atom is -0.495 e. The molecule has 0 bridgehead atoms. The summed E-state index contributed by atoms with van der Waals surface area (Å²) in [6.45, 7) is 11.7. The third-order valence-corrected chi connectivity index (χ3v) is 6.69. The lowest BCUT2D eigenvalue weighted by Gasteiger charge is -2.27. The minimum atomic E-state index is -0.823. The average Bonchev–Trinajstić information content (AvgIpc) is 2.79. The molecule has 1 aliphatic rings. The Morgan fingerprint density at radius 2 is 2.09 bits per heavy atom.